The number of allylic oxidation sites excluding steroid dienone is 2. The molecule has 0 rings (SSSR count). The van der Waals surface area contributed by atoms with Gasteiger partial charge in [0.2, 0.25) is 0 Å². The van der Waals surface area contributed by atoms with E-state index in [-0.39, 0.29) is 0 Å². The molecule has 0 aliphatic rings. The van der Waals surface area contributed by atoms with E-state index in [0.29, 0.717) is 6.10 Å². The summed E-state index contributed by atoms with van der Waals surface area (Å²) in [5, 5.41) is 0. The zero-order chi connectivity index (χ0) is 13.6. The smallest absolute Gasteiger partial charge is 0.0575 e. The molecule has 0 amide bonds. The second-order valence-corrected chi connectivity index (χ2v) is 5.34. The third-order valence-electron chi connectivity index (χ3n) is 3.66. The van der Waals surface area contributed by atoms with Gasteiger partial charge in [0.15, 0.2) is 0 Å². The van der Waals surface area contributed by atoms with Crippen LogP contribution in [0.2, 0.25) is 0 Å². The summed E-state index contributed by atoms with van der Waals surface area (Å²) >= 11 is 0. The van der Waals surface area contributed by atoms with Gasteiger partial charge >= 0.3 is 0 Å². The topological polar surface area (TPSA) is 9.23 Å². The van der Waals surface area contributed by atoms with Crippen molar-refractivity contribution < 1.29 is 4.74 Å². The van der Waals surface area contributed by atoms with Crippen LogP contribution in [0.5, 0.6) is 0 Å². The van der Waals surface area contributed by atoms with Gasteiger partial charge in [-0.3, -0.25) is 0 Å². The van der Waals surface area contributed by atoms with E-state index in [4.69, 9.17) is 4.74 Å². The summed E-state index contributed by atoms with van der Waals surface area (Å²) in [5.74, 6) is 0. The van der Waals surface area contributed by atoms with E-state index in [0.717, 1.165) is 13.0 Å². The van der Waals surface area contributed by atoms with Gasteiger partial charge in [0.05, 0.1) is 6.10 Å². The molecule has 108 valence electrons. The lowest BCUT2D eigenvalue weighted by Crippen LogP contribution is -2.12. The van der Waals surface area contributed by atoms with Crippen LogP contribution < -0.4 is 0 Å². The molecule has 0 aromatic rings. The van der Waals surface area contributed by atoms with Crippen molar-refractivity contribution in [2.24, 2.45) is 0 Å². The van der Waals surface area contributed by atoms with Crippen molar-refractivity contribution in [1.29, 1.82) is 0 Å². The molecule has 1 atom stereocenters. The minimum Gasteiger partial charge on any atom is -0.378 e. The molecule has 0 fully saturated rings. The molecule has 0 aromatic carbocycles. The lowest BCUT2D eigenvalue weighted by molar-refractivity contribution is 0.0426. The van der Waals surface area contributed by atoms with Gasteiger partial charge in [-0.05, 0) is 39.5 Å². The summed E-state index contributed by atoms with van der Waals surface area (Å²) in [7, 11) is 0. The van der Waals surface area contributed by atoms with Crippen molar-refractivity contribution in [3.05, 3.63) is 11.6 Å². The first-order chi connectivity index (χ1) is 8.74. The SMILES string of the molecule is C/C=C(\C)CCC(CC)OCCCCCCCC. The molecule has 0 spiro atoms. The standard InChI is InChI=1S/C17H34O/c1-5-8-9-10-11-12-15-18-17(7-3)14-13-16(4)6-2/h6,17H,5,7-15H2,1-4H3/b16-6+. The Morgan fingerprint density at radius 3 is 2.33 bits per heavy atom. The number of ether oxygens (including phenoxy) is 1. The van der Waals surface area contributed by atoms with Gasteiger partial charge < -0.3 is 4.74 Å². The molecule has 0 radical (unpaired) electrons. The molecule has 1 heteroatoms. The van der Waals surface area contributed by atoms with Crippen LogP contribution in [0.15, 0.2) is 11.6 Å². The van der Waals surface area contributed by atoms with Gasteiger partial charge in [0.25, 0.3) is 0 Å². The second kappa shape index (κ2) is 13.1. The molecular formula is C17H34O. The predicted molar refractivity (Wildman–Crippen MR) is 82.1 cm³/mol. The lowest BCUT2D eigenvalue weighted by atomic mass is 10.1. The van der Waals surface area contributed by atoms with Crippen molar-refractivity contribution in [3.8, 4) is 0 Å². The Balaban J connectivity index is 3.44. The van der Waals surface area contributed by atoms with Gasteiger partial charge in [-0.15, -0.1) is 0 Å². The van der Waals surface area contributed by atoms with E-state index in [1.165, 1.54) is 56.9 Å². The van der Waals surface area contributed by atoms with Crippen LogP contribution in [0.4, 0.5) is 0 Å². The van der Waals surface area contributed by atoms with E-state index in [9.17, 15) is 0 Å². The third kappa shape index (κ3) is 10.8. The highest BCUT2D eigenvalue weighted by molar-refractivity contribution is 4.95. The summed E-state index contributed by atoms with van der Waals surface area (Å²) in [6.07, 6.45) is 14.3. The molecule has 0 N–H and O–H groups in total. The van der Waals surface area contributed by atoms with E-state index >= 15 is 0 Å². The Morgan fingerprint density at radius 2 is 1.72 bits per heavy atom. The Morgan fingerprint density at radius 1 is 1.06 bits per heavy atom. The highest BCUT2D eigenvalue weighted by Gasteiger charge is 2.06. The van der Waals surface area contributed by atoms with Crippen LogP contribution in [0.3, 0.4) is 0 Å². The maximum atomic E-state index is 5.97. The van der Waals surface area contributed by atoms with Gasteiger partial charge in [-0.25, -0.2) is 0 Å². The van der Waals surface area contributed by atoms with Crippen LogP contribution in [-0.4, -0.2) is 12.7 Å². The fraction of sp³-hybridized carbons (Fsp3) is 0.882. The maximum absolute atomic E-state index is 5.97. The van der Waals surface area contributed by atoms with Crippen LogP contribution in [0.1, 0.15) is 85.5 Å². The third-order valence-corrected chi connectivity index (χ3v) is 3.66. The Hall–Kier alpha value is -0.300. The first-order valence-corrected chi connectivity index (χ1v) is 7.97. The zero-order valence-corrected chi connectivity index (χ0v) is 13.1. The molecule has 1 unspecified atom stereocenters. The van der Waals surface area contributed by atoms with Crippen LogP contribution in [0.25, 0.3) is 0 Å². The zero-order valence-electron chi connectivity index (χ0n) is 13.1. The molecule has 18 heavy (non-hydrogen) atoms. The monoisotopic (exact) mass is 254 g/mol. The Labute approximate surface area is 115 Å². The summed E-state index contributed by atoms with van der Waals surface area (Å²) in [4.78, 5) is 0. The highest BCUT2D eigenvalue weighted by Crippen LogP contribution is 2.13. The number of unbranched alkanes of at least 4 members (excludes halogenated alkanes) is 5. The fourth-order valence-electron chi connectivity index (χ4n) is 2.07. The summed E-state index contributed by atoms with van der Waals surface area (Å²) in [5.41, 5.74) is 1.48. The van der Waals surface area contributed by atoms with Gasteiger partial charge in [0, 0.05) is 6.61 Å². The minimum absolute atomic E-state index is 0.468. The lowest BCUT2D eigenvalue weighted by Gasteiger charge is -2.16. The van der Waals surface area contributed by atoms with Gasteiger partial charge in [-0.1, -0.05) is 57.6 Å². The molecule has 1 nitrogen and oxygen atoms in total. The first kappa shape index (κ1) is 17.7. The summed E-state index contributed by atoms with van der Waals surface area (Å²) in [6.45, 7) is 9.78. The normalized spacial score (nSPS) is 13.9. The molecule has 0 aliphatic heterocycles. The Kier molecular flexibility index (Phi) is 12.9. The van der Waals surface area contributed by atoms with Crippen molar-refractivity contribution in [3.63, 3.8) is 0 Å². The van der Waals surface area contributed by atoms with Crippen molar-refractivity contribution in [1.82, 2.24) is 0 Å². The molecule has 0 saturated heterocycles. The summed E-state index contributed by atoms with van der Waals surface area (Å²) < 4.78 is 5.97. The van der Waals surface area contributed by atoms with Crippen LogP contribution in [0, 0.1) is 0 Å². The van der Waals surface area contributed by atoms with E-state index < -0.39 is 0 Å². The highest BCUT2D eigenvalue weighted by atomic mass is 16.5. The second-order valence-electron chi connectivity index (χ2n) is 5.34. The largest absolute Gasteiger partial charge is 0.378 e. The quantitative estimate of drug-likeness (QED) is 0.312. The summed E-state index contributed by atoms with van der Waals surface area (Å²) in [6, 6.07) is 0. The van der Waals surface area contributed by atoms with E-state index in [1.54, 1.807) is 0 Å². The van der Waals surface area contributed by atoms with Gasteiger partial charge in [-0.2, -0.15) is 0 Å². The maximum Gasteiger partial charge on any atom is 0.0575 e. The Bertz CT molecular complexity index is 196. The van der Waals surface area contributed by atoms with Crippen LogP contribution in [-0.2, 0) is 4.74 Å². The molecular weight excluding hydrogens is 220 g/mol. The van der Waals surface area contributed by atoms with Crippen molar-refractivity contribution in [2.75, 3.05) is 6.61 Å². The predicted octanol–water partition coefficient (Wildman–Crippen LogP) is 5.89. The number of hydrogen-bond donors (Lipinski definition) is 0. The number of hydrogen-bond acceptors (Lipinski definition) is 1. The molecule has 0 aromatic heterocycles. The number of rotatable bonds is 12. The first-order valence-electron chi connectivity index (χ1n) is 7.97. The molecule has 0 heterocycles. The fourth-order valence-corrected chi connectivity index (χ4v) is 2.07. The van der Waals surface area contributed by atoms with Gasteiger partial charge in [0.1, 0.15) is 0 Å². The van der Waals surface area contributed by atoms with E-state index in [2.05, 4.69) is 33.8 Å². The van der Waals surface area contributed by atoms with Crippen molar-refractivity contribution in [2.45, 2.75) is 91.6 Å². The average Bonchev–Trinajstić information content (AvgIpc) is 2.40. The molecule has 0 saturated carbocycles. The minimum atomic E-state index is 0.468. The van der Waals surface area contributed by atoms with Crippen molar-refractivity contribution >= 4 is 0 Å². The van der Waals surface area contributed by atoms with Crippen LogP contribution >= 0.6 is 0 Å². The molecule has 0 bridgehead atoms. The van der Waals surface area contributed by atoms with E-state index in [1.807, 2.05) is 0 Å². The average molecular weight is 254 g/mol. The molecule has 0 aliphatic carbocycles.